The summed E-state index contributed by atoms with van der Waals surface area (Å²) in [7, 11) is 0. The third kappa shape index (κ3) is 5.46. The van der Waals surface area contributed by atoms with Crippen LogP contribution in [0.25, 0.3) is 0 Å². The number of aryl methyl sites for hydroxylation is 1. The van der Waals surface area contributed by atoms with Crippen LogP contribution in [0.2, 0.25) is 0 Å². The van der Waals surface area contributed by atoms with Crippen LogP contribution in [0.15, 0.2) is 72.8 Å². The van der Waals surface area contributed by atoms with Gasteiger partial charge in [0.1, 0.15) is 42.2 Å². The molecule has 2 saturated heterocycles. The van der Waals surface area contributed by atoms with Gasteiger partial charge in [-0.25, -0.2) is 8.78 Å². The van der Waals surface area contributed by atoms with Crippen LogP contribution in [0.5, 0.6) is 0 Å². The van der Waals surface area contributed by atoms with Crippen LogP contribution in [0, 0.1) is 17.6 Å². The van der Waals surface area contributed by atoms with E-state index in [-0.39, 0.29) is 23.7 Å². The normalized spacial score (nSPS) is 28.8. The number of halogens is 2. The topological polar surface area (TPSA) is 110 Å². The molecule has 1 amide bonds. The standard InChI is InChI=1S/C30H31F2NO6/c31-20-10-4-17(5-11-20)2-1-3-23-25(33(30(23)38)22-14-12-21(32)13-15-22)18-6-8-19(9-7-18)29-28(37)27(36)26(35)24(16-34)39-29/h4-15,23-29,34-37H,1-3,16H2/t23-,24+,25+,26+,27-,28+,29-/m0/s1. The lowest BCUT2D eigenvalue weighted by Crippen LogP contribution is -2.55. The Hall–Kier alpha value is -3.21. The molecular weight excluding hydrogens is 508 g/mol. The molecule has 3 aromatic carbocycles. The first kappa shape index (κ1) is 27.4. The maximum absolute atomic E-state index is 13.6. The summed E-state index contributed by atoms with van der Waals surface area (Å²) >= 11 is 0. The zero-order valence-electron chi connectivity index (χ0n) is 21.1. The van der Waals surface area contributed by atoms with E-state index in [9.17, 15) is 34.0 Å². The number of anilines is 1. The Bertz CT molecular complexity index is 1270. The van der Waals surface area contributed by atoms with E-state index in [0.29, 0.717) is 24.1 Å². The van der Waals surface area contributed by atoms with Gasteiger partial charge in [0.2, 0.25) is 5.91 Å². The van der Waals surface area contributed by atoms with Crippen molar-refractivity contribution in [2.45, 2.75) is 55.8 Å². The Kier molecular flexibility index (Phi) is 8.06. The summed E-state index contributed by atoms with van der Waals surface area (Å²) in [6, 6.07) is 18.8. The SMILES string of the molecule is O=C1[C@@H](CCCc2ccc(F)cc2)[C@@H](c2ccc([C@@H]3O[C@H](CO)[C@@H](O)[C@H](O)[C@H]3O)cc2)N1c1ccc(F)cc1. The molecule has 2 aliphatic heterocycles. The smallest absolute Gasteiger partial charge is 0.233 e. The first-order chi connectivity index (χ1) is 18.8. The summed E-state index contributed by atoms with van der Waals surface area (Å²) in [5, 5.41) is 40.2. The average Bonchev–Trinajstić information content (AvgIpc) is 2.95. The van der Waals surface area contributed by atoms with Crippen molar-refractivity contribution in [3.05, 3.63) is 101 Å². The molecule has 2 aliphatic rings. The van der Waals surface area contributed by atoms with Gasteiger partial charge in [0.15, 0.2) is 0 Å². The highest BCUT2D eigenvalue weighted by molar-refractivity contribution is 6.03. The molecule has 206 valence electrons. The lowest BCUT2D eigenvalue weighted by Gasteiger charge is -2.48. The van der Waals surface area contributed by atoms with Gasteiger partial charge in [0.05, 0.1) is 18.6 Å². The molecule has 0 unspecified atom stereocenters. The third-order valence-electron chi connectivity index (χ3n) is 7.71. The number of benzene rings is 3. The quantitative estimate of drug-likeness (QED) is 0.328. The van der Waals surface area contributed by atoms with Gasteiger partial charge in [-0.1, -0.05) is 36.4 Å². The van der Waals surface area contributed by atoms with Crippen molar-refractivity contribution < 1.29 is 38.7 Å². The summed E-state index contributed by atoms with van der Waals surface area (Å²) < 4.78 is 32.5. The summed E-state index contributed by atoms with van der Waals surface area (Å²) in [4.78, 5) is 14.9. The van der Waals surface area contributed by atoms with Crippen molar-refractivity contribution in [3.63, 3.8) is 0 Å². The van der Waals surface area contributed by atoms with Crippen molar-refractivity contribution in [1.29, 1.82) is 0 Å². The molecular formula is C30H31F2NO6. The summed E-state index contributed by atoms with van der Waals surface area (Å²) in [5.74, 6) is -1.07. The van der Waals surface area contributed by atoms with Crippen molar-refractivity contribution in [3.8, 4) is 0 Å². The van der Waals surface area contributed by atoms with E-state index in [1.165, 1.54) is 24.3 Å². The molecule has 2 fully saturated rings. The van der Waals surface area contributed by atoms with Crippen LogP contribution >= 0.6 is 0 Å². The van der Waals surface area contributed by atoms with Crippen LogP contribution in [0.1, 0.15) is 41.7 Å². The molecule has 7 atom stereocenters. The molecule has 39 heavy (non-hydrogen) atoms. The summed E-state index contributed by atoms with van der Waals surface area (Å²) in [6.45, 7) is -0.518. The Morgan fingerprint density at radius 3 is 1.97 bits per heavy atom. The Balaban J connectivity index is 1.36. The molecule has 0 aliphatic carbocycles. The van der Waals surface area contributed by atoms with Gasteiger partial charge in [-0.05, 0) is 72.4 Å². The molecule has 3 aromatic rings. The molecule has 0 aromatic heterocycles. The maximum atomic E-state index is 13.6. The molecule has 7 nitrogen and oxygen atoms in total. The highest BCUT2D eigenvalue weighted by Gasteiger charge is 2.48. The molecule has 0 spiro atoms. The Morgan fingerprint density at radius 1 is 0.769 bits per heavy atom. The minimum atomic E-state index is -1.48. The predicted molar refractivity (Wildman–Crippen MR) is 139 cm³/mol. The largest absolute Gasteiger partial charge is 0.394 e. The number of ether oxygens (including phenoxy) is 1. The minimum absolute atomic E-state index is 0.0660. The molecule has 2 heterocycles. The van der Waals surface area contributed by atoms with Gasteiger partial charge < -0.3 is 30.1 Å². The van der Waals surface area contributed by atoms with Crippen LogP contribution in [-0.4, -0.2) is 57.4 Å². The molecule has 5 rings (SSSR count). The monoisotopic (exact) mass is 539 g/mol. The van der Waals surface area contributed by atoms with Gasteiger partial charge >= 0.3 is 0 Å². The lowest BCUT2D eigenvalue weighted by molar-refractivity contribution is -0.231. The molecule has 0 saturated carbocycles. The van der Waals surface area contributed by atoms with Gasteiger partial charge in [0, 0.05) is 5.69 Å². The van der Waals surface area contributed by atoms with Crippen molar-refractivity contribution in [1.82, 2.24) is 0 Å². The van der Waals surface area contributed by atoms with E-state index in [0.717, 1.165) is 17.5 Å². The fraction of sp³-hybridized carbons (Fsp3) is 0.367. The van der Waals surface area contributed by atoms with Gasteiger partial charge in [-0.15, -0.1) is 0 Å². The predicted octanol–water partition coefficient (Wildman–Crippen LogP) is 3.21. The number of amides is 1. The molecule has 4 N–H and O–H groups in total. The number of rotatable bonds is 8. The highest BCUT2D eigenvalue weighted by atomic mass is 19.1. The van der Waals surface area contributed by atoms with Crippen molar-refractivity contribution in [2.75, 3.05) is 11.5 Å². The first-order valence-electron chi connectivity index (χ1n) is 13.0. The van der Waals surface area contributed by atoms with Crippen molar-refractivity contribution >= 4 is 11.6 Å². The van der Waals surface area contributed by atoms with E-state index < -0.39 is 42.9 Å². The Morgan fingerprint density at radius 2 is 1.36 bits per heavy atom. The minimum Gasteiger partial charge on any atom is -0.394 e. The third-order valence-corrected chi connectivity index (χ3v) is 7.71. The number of nitrogens with zero attached hydrogens (tertiary/aromatic N) is 1. The van der Waals surface area contributed by atoms with E-state index >= 15 is 0 Å². The van der Waals surface area contributed by atoms with Crippen LogP contribution in [0.3, 0.4) is 0 Å². The van der Waals surface area contributed by atoms with Gasteiger partial charge in [-0.2, -0.15) is 0 Å². The summed E-state index contributed by atoms with van der Waals surface area (Å²) in [6.07, 6.45) is -4.27. The van der Waals surface area contributed by atoms with Gasteiger partial charge in [0.25, 0.3) is 0 Å². The number of β-lactam (4-membered cyclic amide) rings is 1. The molecule has 9 heteroatoms. The van der Waals surface area contributed by atoms with Crippen molar-refractivity contribution in [2.24, 2.45) is 5.92 Å². The van der Waals surface area contributed by atoms with Crippen LogP contribution in [-0.2, 0) is 16.0 Å². The number of aliphatic hydroxyl groups excluding tert-OH is 4. The highest BCUT2D eigenvalue weighted by Crippen LogP contribution is 2.46. The number of carbonyl (C=O) groups is 1. The zero-order valence-corrected chi connectivity index (χ0v) is 21.1. The second kappa shape index (κ2) is 11.5. The fourth-order valence-corrected chi connectivity index (χ4v) is 5.54. The second-order valence-corrected chi connectivity index (χ2v) is 10.2. The number of hydrogen-bond donors (Lipinski definition) is 4. The molecule has 0 bridgehead atoms. The average molecular weight is 540 g/mol. The molecule has 0 radical (unpaired) electrons. The summed E-state index contributed by atoms with van der Waals surface area (Å²) in [5.41, 5.74) is 2.94. The van der Waals surface area contributed by atoms with Crippen LogP contribution < -0.4 is 4.90 Å². The van der Waals surface area contributed by atoms with Crippen LogP contribution in [0.4, 0.5) is 14.5 Å². The fourth-order valence-electron chi connectivity index (χ4n) is 5.54. The van der Waals surface area contributed by atoms with E-state index in [1.54, 1.807) is 41.3 Å². The first-order valence-corrected chi connectivity index (χ1v) is 13.0. The van der Waals surface area contributed by atoms with E-state index in [2.05, 4.69) is 0 Å². The zero-order chi connectivity index (χ0) is 27.7. The lowest BCUT2D eigenvalue weighted by atomic mass is 9.78. The number of hydrogen-bond acceptors (Lipinski definition) is 6. The number of aliphatic hydroxyl groups is 4. The number of carbonyl (C=O) groups excluding carboxylic acids is 1. The van der Waals surface area contributed by atoms with E-state index in [1.807, 2.05) is 12.1 Å². The van der Waals surface area contributed by atoms with E-state index in [4.69, 9.17) is 4.74 Å². The maximum Gasteiger partial charge on any atom is 0.233 e. The second-order valence-electron chi connectivity index (χ2n) is 10.2. The van der Waals surface area contributed by atoms with Gasteiger partial charge in [-0.3, -0.25) is 4.79 Å². The Labute approximate surface area is 224 Å².